The first kappa shape index (κ1) is 10.7. The first-order valence-electron chi connectivity index (χ1n) is 4.31. The van der Waals surface area contributed by atoms with Crippen LogP contribution < -0.4 is 0 Å². The van der Waals surface area contributed by atoms with Gasteiger partial charge in [0.15, 0.2) is 0 Å². The summed E-state index contributed by atoms with van der Waals surface area (Å²) in [6.45, 7) is 4.00. The Balaban J connectivity index is 2.84. The van der Waals surface area contributed by atoms with Crippen molar-refractivity contribution in [2.24, 2.45) is 0 Å². The molecular formula is C9H12ClNOS. The summed E-state index contributed by atoms with van der Waals surface area (Å²) in [5.41, 5.74) is 0.865. The van der Waals surface area contributed by atoms with E-state index in [1.807, 2.05) is 6.92 Å². The lowest BCUT2D eigenvalue weighted by molar-refractivity contribution is 0.108. The number of halogens is 1. The number of rotatable bonds is 4. The topological polar surface area (TPSA) is 30.0 Å². The van der Waals surface area contributed by atoms with Gasteiger partial charge in [-0.2, -0.15) is 0 Å². The van der Waals surface area contributed by atoms with Gasteiger partial charge in [-0.05, 0) is 31.4 Å². The van der Waals surface area contributed by atoms with Crippen molar-refractivity contribution in [3.63, 3.8) is 0 Å². The van der Waals surface area contributed by atoms with Gasteiger partial charge >= 0.3 is 0 Å². The van der Waals surface area contributed by atoms with Gasteiger partial charge in [0, 0.05) is 0 Å². The van der Waals surface area contributed by atoms with Crippen molar-refractivity contribution in [1.82, 2.24) is 4.98 Å². The summed E-state index contributed by atoms with van der Waals surface area (Å²) in [5.74, 6) is 0. The Morgan fingerprint density at radius 1 is 1.62 bits per heavy atom. The van der Waals surface area contributed by atoms with Gasteiger partial charge < -0.3 is 0 Å². The molecule has 0 aliphatic rings. The van der Waals surface area contributed by atoms with Gasteiger partial charge in [0.2, 0.25) is 0 Å². The minimum Gasteiger partial charge on any atom is -0.275 e. The maximum Gasteiger partial charge on any atom is 0.264 e. The average molecular weight is 218 g/mol. The molecule has 0 atom stereocenters. The maximum absolute atomic E-state index is 11.0. The van der Waals surface area contributed by atoms with Gasteiger partial charge in [-0.15, -0.1) is 11.3 Å². The van der Waals surface area contributed by atoms with Crippen molar-refractivity contribution >= 4 is 28.2 Å². The fraction of sp³-hybridized carbons (Fsp3) is 0.556. The molecule has 0 saturated heterocycles. The predicted molar refractivity (Wildman–Crippen MR) is 55.6 cm³/mol. The van der Waals surface area contributed by atoms with Crippen molar-refractivity contribution in [3.8, 4) is 0 Å². The smallest absolute Gasteiger partial charge is 0.264 e. The minimum absolute atomic E-state index is 0.378. The maximum atomic E-state index is 11.0. The molecule has 0 aliphatic carbocycles. The molecule has 0 spiro atoms. The highest BCUT2D eigenvalue weighted by Crippen LogP contribution is 2.21. The van der Waals surface area contributed by atoms with Crippen LogP contribution in [-0.2, 0) is 6.42 Å². The molecule has 1 aromatic heterocycles. The van der Waals surface area contributed by atoms with E-state index in [2.05, 4.69) is 11.9 Å². The molecule has 1 rings (SSSR count). The van der Waals surface area contributed by atoms with Crippen molar-refractivity contribution in [3.05, 3.63) is 15.6 Å². The molecule has 0 fully saturated rings. The van der Waals surface area contributed by atoms with Gasteiger partial charge in [0.05, 0.1) is 10.7 Å². The van der Waals surface area contributed by atoms with Crippen LogP contribution in [0.5, 0.6) is 0 Å². The van der Waals surface area contributed by atoms with E-state index in [-0.39, 0.29) is 5.24 Å². The Labute approximate surface area is 86.9 Å². The number of nitrogens with zero attached hydrogens (tertiary/aromatic N) is 1. The standard InChI is InChI=1S/C9H12ClNOS/c1-3-4-5-7-8(9(10)12)13-6(2)11-7/h3-5H2,1-2H3. The van der Waals surface area contributed by atoms with Crippen molar-refractivity contribution < 1.29 is 4.79 Å². The SMILES string of the molecule is CCCCc1nc(C)sc1C(=O)Cl. The largest absolute Gasteiger partial charge is 0.275 e. The number of carbonyl (C=O) groups excluding carboxylic acids is 1. The number of hydrogen-bond donors (Lipinski definition) is 0. The van der Waals surface area contributed by atoms with Crippen molar-refractivity contribution in [1.29, 1.82) is 0 Å². The molecule has 0 saturated carbocycles. The number of unbranched alkanes of at least 4 members (excludes halogenated alkanes) is 1. The Kier molecular flexibility index (Phi) is 3.88. The van der Waals surface area contributed by atoms with Crippen LogP contribution in [0, 0.1) is 6.92 Å². The number of hydrogen-bond acceptors (Lipinski definition) is 3. The second-order valence-electron chi connectivity index (χ2n) is 2.89. The summed E-state index contributed by atoms with van der Waals surface area (Å²) in [6, 6.07) is 0. The molecule has 0 unspecified atom stereocenters. The van der Waals surface area contributed by atoms with E-state index in [9.17, 15) is 4.79 Å². The third kappa shape index (κ3) is 2.78. The Morgan fingerprint density at radius 3 is 2.85 bits per heavy atom. The van der Waals surface area contributed by atoms with Gasteiger partial charge in [0.1, 0.15) is 4.88 Å². The quantitative estimate of drug-likeness (QED) is 0.726. The van der Waals surface area contributed by atoms with Gasteiger partial charge in [0.25, 0.3) is 5.24 Å². The molecular weight excluding hydrogens is 206 g/mol. The third-order valence-corrected chi connectivity index (χ3v) is 3.06. The van der Waals surface area contributed by atoms with Crippen LogP contribution in [0.1, 0.15) is 40.1 Å². The first-order chi connectivity index (χ1) is 6.15. The number of carbonyl (C=O) groups is 1. The Bertz CT molecular complexity index is 309. The summed E-state index contributed by atoms with van der Waals surface area (Å²) in [4.78, 5) is 15.9. The third-order valence-electron chi connectivity index (χ3n) is 1.75. The summed E-state index contributed by atoms with van der Waals surface area (Å²) in [6.07, 6.45) is 3.02. The lowest BCUT2D eigenvalue weighted by atomic mass is 10.2. The number of aromatic nitrogens is 1. The second kappa shape index (κ2) is 4.72. The van der Waals surface area contributed by atoms with Gasteiger partial charge in [-0.25, -0.2) is 4.98 Å². The van der Waals surface area contributed by atoms with Gasteiger partial charge in [-0.1, -0.05) is 13.3 Å². The van der Waals surface area contributed by atoms with E-state index < -0.39 is 0 Å². The minimum atomic E-state index is -0.378. The normalized spacial score (nSPS) is 10.4. The molecule has 2 nitrogen and oxygen atoms in total. The first-order valence-corrected chi connectivity index (χ1v) is 5.50. The van der Waals surface area contributed by atoms with Crippen LogP contribution >= 0.6 is 22.9 Å². The lowest BCUT2D eigenvalue weighted by Gasteiger charge is -1.95. The lowest BCUT2D eigenvalue weighted by Crippen LogP contribution is -1.93. The van der Waals surface area contributed by atoms with E-state index in [0.29, 0.717) is 4.88 Å². The highest BCUT2D eigenvalue weighted by Gasteiger charge is 2.13. The van der Waals surface area contributed by atoms with E-state index in [1.165, 1.54) is 11.3 Å². The monoisotopic (exact) mass is 217 g/mol. The molecule has 0 amide bonds. The number of thiazole rings is 1. The van der Waals surface area contributed by atoms with Gasteiger partial charge in [-0.3, -0.25) is 4.79 Å². The molecule has 72 valence electrons. The highest BCUT2D eigenvalue weighted by atomic mass is 35.5. The fourth-order valence-electron chi connectivity index (χ4n) is 1.14. The summed E-state index contributed by atoms with van der Waals surface area (Å²) in [5, 5.41) is 0.534. The van der Waals surface area contributed by atoms with Crippen LogP contribution in [0.2, 0.25) is 0 Å². The Hall–Kier alpha value is -0.410. The fourth-order valence-corrected chi connectivity index (χ4v) is 2.16. The molecule has 4 heteroatoms. The zero-order valence-electron chi connectivity index (χ0n) is 7.76. The van der Waals surface area contributed by atoms with Crippen LogP contribution in [0.4, 0.5) is 0 Å². The van der Waals surface area contributed by atoms with E-state index in [1.54, 1.807) is 0 Å². The van der Waals surface area contributed by atoms with E-state index in [0.717, 1.165) is 30.0 Å². The van der Waals surface area contributed by atoms with E-state index in [4.69, 9.17) is 11.6 Å². The molecule has 1 aromatic rings. The summed E-state index contributed by atoms with van der Waals surface area (Å²) in [7, 11) is 0. The molecule has 0 aliphatic heterocycles. The van der Waals surface area contributed by atoms with Crippen LogP contribution in [-0.4, -0.2) is 10.2 Å². The van der Waals surface area contributed by atoms with Crippen LogP contribution in [0.15, 0.2) is 0 Å². The van der Waals surface area contributed by atoms with E-state index >= 15 is 0 Å². The average Bonchev–Trinajstić information content (AvgIpc) is 2.43. The molecule has 0 N–H and O–H groups in total. The zero-order chi connectivity index (χ0) is 9.84. The molecule has 13 heavy (non-hydrogen) atoms. The van der Waals surface area contributed by atoms with Crippen LogP contribution in [0.25, 0.3) is 0 Å². The van der Waals surface area contributed by atoms with Crippen molar-refractivity contribution in [2.75, 3.05) is 0 Å². The predicted octanol–water partition coefficient (Wildman–Crippen LogP) is 3.17. The highest BCUT2D eigenvalue weighted by molar-refractivity contribution is 7.15. The molecule has 1 heterocycles. The zero-order valence-corrected chi connectivity index (χ0v) is 9.34. The molecule has 0 bridgehead atoms. The van der Waals surface area contributed by atoms with Crippen LogP contribution in [0.3, 0.4) is 0 Å². The van der Waals surface area contributed by atoms with Crippen molar-refractivity contribution in [2.45, 2.75) is 33.1 Å². The summed E-state index contributed by atoms with van der Waals surface area (Å²) >= 11 is 6.81. The summed E-state index contributed by atoms with van der Waals surface area (Å²) < 4.78 is 0. The number of aryl methyl sites for hydroxylation is 2. The molecule has 0 radical (unpaired) electrons. The second-order valence-corrected chi connectivity index (χ2v) is 4.43. The molecule has 0 aromatic carbocycles. The Morgan fingerprint density at radius 2 is 2.31 bits per heavy atom.